The first kappa shape index (κ1) is 4.41. The van der Waals surface area contributed by atoms with Crippen molar-refractivity contribution in [3.05, 3.63) is 12.8 Å². The van der Waals surface area contributed by atoms with Gasteiger partial charge in [0.1, 0.15) is 13.8 Å². The second-order valence-electron chi connectivity index (χ2n) is 0.940. The van der Waals surface area contributed by atoms with E-state index in [1.807, 2.05) is 7.05 Å². The van der Waals surface area contributed by atoms with Crippen LogP contribution in [-0.2, 0) is 0 Å². The van der Waals surface area contributed by atoms with Gasteiger partial charge in [-0.05, 0) is 6.58 Å². The van der Waals surface area contributed by atoms with Crippen LogP contribution in [0.2, 0.25) is 0 Å². The molecular formula is C4H8N+. The predicted molar refractivity (Wildman–Crippen MR) is 23.5 cm³/mol. The molecule has 0 fully saturated rings. The fraction of sp³-hybridized carbons (Fsp3) is 0.250. The van der Waals surface area contributed by atoms with Crippen LogP contribution in [0.25, 0.3) is 0 Å². The predicted octanol–water partition coefficient (Wildman–Crippen LogP) is 0.473. The highest BCUT2D eigenvalue weighted by atomic mass is 14.9. The van der Waals surface area contributed by atoms with Gasteiger partial charge in [0, 0.05) is 0 Å². The quantitative estimate of drug-likeness (QED) is 0.311. The van der Waals surface area contributed by atoms with Crippen molar-refractivity contribution in [2.75, 3.05) is 7.05 Å². The van der Waals surface area contributed by atoms with E-state index < -0.39 is 0 Å². The minimum Gasteiger partial charge on any atom is -0.215 e. The van der Waals surface area contributed by atoms with Crippen molar-refractivity contribution < 1.29 is 4.58 Å². The smallest absolute Gasteiger partial charge is 0.160 e. The van der Waals surface area contributed by atoms with Gasteiger partial charge in [-0.2, -0.15) is 0 Å². The van der Waals surface area contributed by atoms with E-state index >= 15 is 0 Å². The van der Waals surface area contributed by atoms with Crippen molar-refractivity contribution in [2.24, 2.45) is 0 Å². The van der Waals surface area contributed by atoms with Crippen LogP contribution >= 0.6 is 0 Å². The van der Waals surface area contributed by atoms with Crippen LogP contribution in [0.15, 0.2) is 12.8 Å². The molecule has 0 N–H and O–H groups in total. The van der Waals surface area contributed by atoms with Gasteiger partial charge >= 0.3 is 0 Å². The maximum Gasteiger partial charge on any atom is 0.160 e. The van der Waals surface area contributed by atoms with E-state index in [1.165, 1.54) is 0 Å². The summed E-state index contributed by atoms with van der Waals surface area (Å²) in [4.78, 5) is 0. The summed E-state index contributed by atoms with van der Waals surface area (Å²) in [7, 11) is 1.83. The summed E-state index contributed by atoms with van der Waals surface area (Å²) in [5.41, 5.74) is 0. The zero-order valence-electron chi connectivity index (χ0n) is 3.44. The molecule has 0 heterocycles. The molecule has 0 aromatic carbocycles. The second kappa shape index (κ2) is 1.70. The Morgan fingerprint density at radius 1 is 1.80 bits per heavy atom. The summed E-state index contributed by atoms with van der Waals surface area (Å²) in [6, 6.07) is 0. The van der Waals surface area contributed by atoms with Gasteiger partial charge in [-0.15, -0.1) is 0 Å². The van der Waals surface area contributed by atoms with E-state index in [0.29, 0.717) is 0 Å². The highest BCUT2D eigenvalue weighted by molar-refractivity contribution is 5.14. The van der Waals surface area contributed by atoms with E-state index in [0.717, 1.165) is 0 Å². The molecule has 0 saturated heterocycles. The standard InChI is InChI=1S/C4H8N/c1-4-5(2)3/h4H,1-2H2,3H3/q+1. The average Bonchev–Trinajstić information content (AvgIpc) is 1.38. The summed E-state index contributed by atoms with van der Waals surface area (Å²) in [5, 5.41) is 0. The molecule has 0 atom stereocenters. The third-order valence-corrected chi connectivity index (χ3v) is 0.312. The van der Waals surface area contributed by atoms with Crippen LogP contribution in [0.3, 0.4) is 0 Å². The molecule has 28 valence electrons. The van der Waals surface area contributed by atoms with Crippen LogP contribution in [0.5, 0.6) is 0 Å². The molecule has 0 bridgehead atoms. The molecule has 0 saturated carbocycles. The van der Waals surface area contributed by atoms with Gasteiger partial charge in [0.2, 0.25) is 0 Å². The first-order valence-corrected chi connectivity index (χ1v) is 1.43. The Bertz CT molecular complexity index is 54.7. The molecule has 0 rings (SSSR count). The lowest BCUT2D eigenvalue weighted by Gasteiger charge is -1.69. The molecule has 0 unspecified atom stereocenters. The molecule has 0 aliphatic heterocycles. The fourth-order valence-corrected chi connectivity index (χ4v) is 0. The molecule has 0 spiro atoms. The van der Waals surface area contributed by atoms with E-state index in [1.54, 1.807) is 10.8 Å². The first-order chi connectivity index (χ1) is 2.27. The molecule has 5 heavy (non-hydrogen) atoms. The Labute approximate surface area is 32.2 Å². The zero-order valence-corrected chi connectivity index (χ0v) is 3.44. The van der Waals surface area contributed by atoms with Crippen molar-refractivity contribution in [3.8, 4) is 0 Å². The van der Waals surface area contributed by atoms with Gasteiger partial charge < -0.3 is 0 Å². The van der Waals surface area contributed by atoms with Crippen LogP contribution in [0, 0.1) is 0 Å². The van der Waals surface area contributed by atoms with Crippen molar-refractivity contribution >= 4 is 6.72 Å². The number of hydrogen-bond acceptors (Lipinski definition) is 0. The fourth-order valence-electron chi connectivity index (χ4n) is 0. The van der Waals surface area contributed by atoms with Gasteiger partial charge in [-0.3, -0.25) is 0 Å². The maximum atomic E-state index is 3.47. The summed E-state index contributed by atoms with van der Waals surface area (Å²) < 4.78 is 1.64. The third-order valence-electron chi connectivity index (χ3n) is 0.312. The maximum absolute atomic E-state index is 3.47. The Kier molecular flexibility index (Phi) is 1.50. The molecule has 0 radical (unpaired) electrons. The monoisotopic (exact) mass is 70.1 g/mol. The van der Waals surface area contributed by atoms with Crippen molar-refractivity contribution in [1.29, 1.82) is 0 Å². The second-order valence-corrected chi connectivity index (χ2v) is 0.940. The Morgan fingerprint density at radius 3 is 2.00 bits per heavy atom. The van der Waals surface area contributed by atoms with E-state index in [9.17, 15) is 0 Å². The van der Waals surface area contributed by atoms with Gasteiger partial charge in [0.25, 0.3) is 0 Å². The van der Waals surface area contributed by atoms with Gasteiger partial charge in [-0.25, -0.2) is 4.58 Å². The third kappa shape index (κ3) is 3.41. The van der Waals surface area contributed by atoms with Crippen LogP contribution < -0.4 is 0 Å². The van der Waals surface area contributed by atoms with Gasteiger partial charge in [0.05, 0.1) is 0 Å². The number of nitrogens with zero attached hydrogens (tertiary/aromatic N) is 1. The minimum absolute atomic E-state index is 1.64. The van der Waals surface area contributed by atoms with Crippen molar-refractivity contribution in [2.45, 2.75) is 0 Å². The number of hydrogen-bond donors (Lipinski definition) is 0. The Hall–Kier alpha value is -0.590. The topological polar surface area (TPSA) is 3.01 Å². The Balaban J connectivity index is 3.20. The van der Waals surface area contributed by atoms with Gasteiger partial charge in [0.15, 0.2) is 6.20 Å². The summed E-state index contributed by atoms with van der Waals surface area (Å²) in [6.07, 6.45) is 1.64. The van der Waals surface area contributed by atoms with Crippen molar-refractivity contribution in [1.82, 2.24) is 0 Å². The molecule has 0 aliphatic rings. The molecule has 0 aromatic heterocycles. The molecule has 1 nitrogen and oxygen atoms in total. The lowest BCUT2D eigenvalue weighted by Crippen LogP contribution is -1.84. The first-order valence-electron chi connectivity index (χ1n) is 1.43. The average molecular weight is 70.1 g/mol. The molecular weight excluding hydrogens is 62.1 g/mol. The van der Waals surface area contributed by atoms with Crippen molar-refractivity contribution in [3.63, 3.8) is 0 Å². The van der Waals surface area contributed by atoms with Crippen LogP contribution in [0.4, 0.5) is 0 Å². The van der Waals surface area contributed by atoms with Crippen LogP contribution in [0.1, 0.15) is 0 Å². The lowest BCUT2D eigenvalue weighted by atomic mass is 10.9. The normalized spacial score (nSPS) is 6.60. The van der Waals surface area contributed by atoms with E-state index in [2.05, 4.69) is 13.3 Å². The summed E-state index contributed by atoms with van der Waals surface area (Å²) in [5.74, 6) is 0. The minimum atomic E-state index is 1.64. The summed E-state index contributed by atoms with van der Waals surface area (Å²) >= 11 is 0. The van der Waals surface area contributed by atoms with E-state index in [4.69, 9.17) is 0 Å². The molecule has 0 aromatic rings. The SMILES string of the molecule is C=C[N+](=C)C. The Morgan fingerprint density at radius 2 is 2.00 bits per heavy atom. The molecule has 1 heteroatoms. The number of rotatable bonds is 1. The lowest BCUT2D eigenvalue weighted by molar-refractivity contribution is -0.411. The van der Waals surface area contributed by atoms with Crippen LogP contribution in [-0.4, -0.2) is 18.3 Å². The zero-order chi connectivity index (χ0) is 4.28. The van der Waals surface area contributed by atoms with Gasteiger partial charge in [-0.1, -0.05) is 0 Å². The largest absolute Gasteiger partial charge is 0.215 e. The summed E-state index contributed by atoms with van der Waals surface area (Å²) in [6.45, 7) is 6.90. The molecule has 0 amide bonds. The highest BCUT2D eigenvalue weighted by Crippen LogP contribution is 1.52. The van der Waals surface area contributed by atoms with E-state index in [-0.39, 0.29) is 0 Å². The highest BCUT2D eigenvalue weighted by Gasteiger charge is 1.64. The molecule has 0 aliphatic carbocycles.